The van der Waals surface area contributed by atoms with Crippen LogP contribution in [-0.2, 0) is 0 Å². The topological polar surface area (TPSA) is 33.0 Å². The smallest absolute Gasteiger partial charge is 0.251 e. The maximum Gasteiger partial charge on any atom is 0.251 e. The largest absolute Gasteiger partial charge is 0.494 e. The molecule has 0 unspecified atom stereocenters. The first-order chi connectivity index (χ1) is 16.9. The first kappa shape index (κ1) is 25.6. The highest BCUT2D eigenvalue weighted by atomic mass is 19.3. The molecule has 0 saturated heterocycles. The molecule has 0 amide bonds. The van der Waals surface area contributed by atoms with Crippen LogP contribution in [0.1, 0.15) is 99.7 Å². The molecule has 4 rings (SSSR count). The quantitative estimate of drug-likeness (QED) is 0.376. The molecule has 0 radical (unpaired) electrons. The minimum atomic E-state index is -2.62. The Hall–Kier alpha value is -2.48. The highest BCUT2D eigenvalue weighted by molar-refractivity contribution is 5.35. The van der Waals surface area contributed by atoms with Gasteiger partial charge in [0.15, 0.2) is 0 Å². The molecule has 2 aromatic rings. The van der Waals surface area contributed by atoms with Crippen molar-refractivity contribution in [3.63, 3.8) is 0 Å². The molecule has 0 spiro atoms. The number of nitrogens with zero attached hydrogens (tertiary/aromatic N) is 1. The van der Waals surface area contributed by atoms with E-state index in [-0.39, 0.29) is 23.8 Å². The Morgan fingerprint density at radius 1 is 0.886 bits per heavy atom. The van der Waals surface area contributed by atoms with E-state index in [1.807, 2.05) is 24.3 Å². The van der Waals surface area contributed by atoms with E-state index in [4.69, 9.17) is 10.00 Å². The maximum atomic E-state index is 15.3. The van der Waals surface area contributed by atoms with Crippen LogP contribution in [0.25, 0.3) is 0 Å². The molecule has 188 valence electrons. The van der Waals surface area contributed by atoms with Gasteiger partial charge in [-0.2, -0.15) is 5.26 Å². The van der Waals surface area contributed by atoms with Crippen molar-refractivity contribution in [2.24, 2.45) is 11.8 Å². The van der Waals surface area contributed by atoms with Gasteiger partial charge in [-0.25, -0.2) is 13.2 Å². The molecule has 0 bridgehead atoms. The van der Waals surface area contributed by atoms with Crippen LogP contribution in [0.4, 0.5) is 13.2 Å². The second-order valence-corrected chi connectivity index (χ2v) is 10.5. The molecule has 0 aromatic heterocycles. The van der Waals surface area contributed by atoms with Gasteiger partial charge in [0.05, 0.1) is 12.2 Å². The lowest BCUT2D eigenvalue weighted by molar-refractivity contribution is -0.0929. The monoisotopic (exact) mass is 483 g/mol. The van der Waals surface area contributed by atoms with E-state index in [9.17, 15) is 4.39 Å². The molecule has 0 atom stereocenters. The van der Waals surface area contributed by atoms with E-state index in [1.54, 1.807) is 0 Å². The van der Waals surface area contributed by atoms with Gasteiger partial charge in [0.25, 0.3) is 5.92 Å². The van der Waals surface area contributed by atoms with E-state index in [0.717, 1.165) is 56.3 Å². The van der Waals surface area contributed by atoms with Crippen molar-refractivity contribution in [1.29, 1.82) is 5.26 Å². The fraction of sp³-hybridized carbons (Fsp3) is 0.567. The summed E-state index contributed by atoms with van der Waals surface area (Å²) < 4.78 is 50.1. The summed E-state index contributed by atoms with van der Waals surface area (Å²) in [5.41, 5.74) is 2.16. The Labute approximate surface area is 207 Å². The molecule has 2 nitrogen and oxygen atoms in total. The van der Waals surface area contributed by atoms with Crippen LogP contribution in [0.15, 0.2) is 42.5 Å². The summed E-state index contributed by atoms with van der Waals surface area (Å²) >= 11 is 0. The summed E-state index contributed by atoms with van der Waals surface area (Å²) in [4.78, 5) is 0. The molecule has 2 aromatic carbocycles. The van der Waals surface area contributed by atoms with Crippen molar-refractivity contribution in [2.75, 3.05) is 6.61 Å². The number of benzene rings is 2. The van der Waals surface area contributed by atoms with Crippen LogP contribution in [0.5, 0.6) is 5.75 Å². The molecule has 5 heteroatoms. The molecule has 35 heavy (non-hydrogen) atoms. The number of halogens is 3. The van der Waals surface area contributed by atoms with E-state index in [0.29, 0.717) is 25.4 Å². The van der Waals surface area contributed by atoms with Crippen molar-refractivity contribution < 1.29 is 17.9 Å². The zero-order valence-electron chi connectivity index (χ0n) is 20.6. The molecule has 2 fully saturated rings. The predicted molar refractivity (Wildman–Crippen MR) is 132 cm³/mol. The fourth-order valence-electron chi connectivity index (χ4n) is 6.03. The van der Waals surface area contributed by atoms with Crippen molar-refractivity contribution in [3.8, 4) is 11.8 Å². The zero-order valence-corrected chi connectivity index (χ0v) is 20.6. The summed E-state index contributed by atoms with van der Waals surface area (Å²) in [6.45, 7) is 2.78. The molecule has 2 aliphatic rings. The zero-order chi connectivity index (χ0) is 24.8. The van der Waals surface area contributed by atoms with Crippen LogP contribution in [0, 0.1) is 29.0 Å². The van der Waals surface area contributed by atoms with Gasteiger partial charge in [-0.05, 0) is 111 Å². The van der Waals surface area contributed by atoms with Crippen LogP contribution in [-0.4, -0.2) is 12.5 Å². The van der Waals surface area contributed by atoms with Gasteiger partial charge in [0.2, 0.25) is 0 Å². The Morgan fingerprint density at radius 3 is 2.09 bits per heavy atom. The van der Waals surface area contributed by atoms with Crippen molar-refractivity contribution in [1.82, 2.24) is 0 Å². The lowest BCUT2D eigenvalue weighted by atomic mass is 9.72. The van der Waals surface area contributed by atoms with Crippen LogP contribution < -0.4 is 4.74 Å². The summed E-state index contributed by atoms with van der Waals surface area (Å²) in [5, 5.41) is 8.91. The fourth-order valence-corrected chi connectivity index (χ4v) is 6.03. The lowest BCUT2D eigenvalue weighted by Crippen LogP contribution is -2.34. The predicted octanol–water partition coefficient (Wildman–Crippen LogP) is 8.76. The third kappa shape index (κ3) is 6.40. The van der Waals surface area contributed by atoms with Gasteiger partial charge in [-0.15, -0.1) is 0 Å². The summed E-state index contributed by atoms with van der Waals surface area (Å²) in [6.07, 6.45) is 6.83. The number of rotatable bonds is 8. The Bertz CT molecular complexity index is 997. The second-order valence-electron chi connectivity index (χ2n) is 10.5. The van der Waals surface area contributed by atoms with Crippen LogP contribution in [0.2, 0.25) is 0 Å². The van der Waals surface area contributed by atoms with Gasteiger partial charge in [-0.3, -0.25) is 0 Å². The van der Waals surface area contributed by atoms with E-state index >= 15 is 8.78 Å². The van der Waals surface area contributed by atoms with E-state index in [2.05, 4.69) is 19.1 Å². The number of alkyl halides is 2. The number of hydrogen-bond donors (Lipinski definition) is 0. The Kier molecular flexibility index (Phi) is 8.42. The number of hydrogen-bond acceptors (Lipinski definition) is 2. The van der Waals surface area contributed by atoms with E-state index < -0.39 is 17.7 Å². The summed E-state index contributed by atoms with van der Waals surface area (Å²) in [6, 6.07) is 14.8. The van der Waals surface area contributed by atoms with Gasteiger partial charge >= 0.3 is 0 Å². The molecular formula is C30H36F3NO. The molecule has 2 aliphatic carbocycles. The number of nitriles is 1. The van der Waals surface area contributed by atoms with Crippen LogP contribution >= 0.6 is 0 Å². The van der Waals surface area contributed by atoms with Crippen molar-refractivity contribution in [3.05, 3.63) is 65.0 Å². The van der Waals surface area contributed by atoms with Gasteiger partial charge in [0, 0.05) is 12.3 Å². The minimum Gasteiger partial charge on any atom is -0.494 e. The highest BCUT2D eigenvalue weighted by Gasteiger charge is 2.43. The molecule has 0 N–H and O–H groups in total. The normalized spacial score (nSPS) is 25.1. The third-order valence-electron chi connectivity index (χ3n) is 8.14. The van der Waals surface area contributed by atoms with Gasteiger partial charge < -0.3 is 4.74 Å². The second kappa shape index (κ2) is 11.5. The minimum absolute atomic E-state index is 0.0258. The Morgan fingerprint density at radius 2 is 1.49 bits per heavy atom. The lowest BCUT2D eigenvalue weighted by Gasteiger charge is -2.37. The third-order valence-corrected chi connectivity index (χ3v) is 8.14. The van der Waals surface area contributed by atoms with Gasteiger partial charge in [0.1, 0.15) is 17.6 Å². The van der Waals surface area contributed by atoms with E-state index in [1.165, 1.54) is 17.7 Å². The Balaban J connectivity index is 1.25. The molecular weight excluding hydrogens is 447 g/mol. The summed E-state index contributed by atoms with van der Waals surface area (Å²) in [7, 11) is 0. The number of ether oxygens (including phenoxy) is 1. The van der Waals surface area contributed by atoms with Crippen molar-refractivity contribution >= 4 is 0 Å². The average Bonchev–Trinajstić information content (AvgIpc) is 2.88. The maximum absolute atomic E-state index is 15.3. The first-order valence-corrected chi connectivity index (χ1v) is 13.2. The summed E-state index contributed by atoms with van der Waals surface area (Å²) in [5.74, 6) is -2.21. The molecule has 0 aliphatic heterocycles. The first-order valence-electron chi connectivity index (χ1n) is 13.2. The standard InChI is InChI=1S/C30H36F3NO/c1-2-17-35-28-15-11-23(12-16-28)22-9-13-27(14-10-22)30(32,33)19-21-3-5-24(6-4-21)25-7-8-26(20-34)29(31)18-25/h7-8,11-12,15-16,18,21-22,24,27H,2-6,9-10,13-14,17,19H2,1H3. The van der Waals surface area contributed by atoms with Crippen LogP contribution in [0.3, 0.4) is 0 Å². The average molecular weight is 484 g/mol. The highest BCUT2D eigenvalue weighted by Crippen LogP contribution is 2.47. The molecule has 2 saturated carbocycles. The van der Waals surface area contributed by atoms with Gasteiger partial charge in [-0.1, -0.05) is 25.1 Å². The van der Waals surface area contributed by atoms with Crippen molar-refractivity contribution in [2.45, 2.75) is 88.9 Å². The molecule has 0 heterocycles. The SMILES string of the molecule is CCCOc1ccc(C2CCC(C(F)(F)CC3CCC(c4ccc(C#N)c(F)c4)CC3)CC2)cc1.